The lowest BCUT2D eigenvalue weighted by atomic mass is 10.0. The Labute approximate surface area is 159 Å². The van der Waals surface area contributed by atoms with Crippen LogP contribution in [0.2, 0.25) is 0 Å². The van der Waals surface area contributed by atoms with Crippen molar-refractivity contribution in [2.45, 2.75) is 148 Å². The number of ether oxygens (including phenoxy) is 1. The van der Waals surface area contributed by atoms with E-state index in [1.54, 1.807) is 0 Å². The molecule has 0 radical (unpaired) electrons. The van der Waals surface area contributed by atoms with E-state index in [1.165, 1.54) is 135 Å². The fourth-order valence-corrected chi connectivity index (χ4v) is 4.13. The minimum absolute atomic E-state index is 0.612. The van der Waals surface area contributed by atoms with Gasteiger partial charge in [-0.05, 0) is 19.3 Å². The average molecular weight is 353 g/mol. The molecule has 0 aromatic carbocycles. The van der Waals surface area contributed by atoms with Gasteiger partial charge in [0.1, 0.15) is 0 Å². The molecule has 0 aromatic heterocycles. The van der Waals surface area contributed by atoms with Gasteiger partial charge in [0, 0.05) is 6.61 Å². The Morgan fingerprint density at radius 2 is 0.880 bits per heavy atom. The molecule has 0 aliphatic heterocycles. The molecule has 0 heterocycles. The van der Waals surface area contributed by atoms with E-state index < -0.39 is 0 Å². The molecule has 1 heteroatoms. The van der Waals surface area contributed by atoms with Crippen molar-refractivity contribution in [2.75, 3.05) is 6.61 Å². The summed E-state index contributed by atoms with van der Waals surface area (Å²) < 4.78 is 5.93. The monoisotopic (exact) mass is 352 g/mol. The van der Waals surface area contributed by atoms with Crippen molar-refractivity contribution < 1.29 is 4.74 Å². The summed E-state index contributed by atoms with van der Waals surface area (Å²) in [6, 6.07) is 0. The minimum Gasteiger partial charge on any atom is -0.378 e. The van der Waals surface area contributed by atoms with Crippen LogP contribution < -0.4 is 0 Å². The highest BCUT2D eigenvalue weighted by Gasteiger charge is 2.14. The summed E-state index contributed by atoms with van der Waals surface area (Å²) >= 11 is 0. The van der Waals surface area contributed by atoms with Crippen molar-refractivity contribution in [2.24, 2.45) is 0 Å². The lowest BCUT2D eigenvalue weighted by Gasteiger charge is -2.10. The second-order valence-electron chi connectivity index (χ2n) is 8.43. The van der Waals surface area contributed by atoms with Crippen molar-refractivity contribution in [3.8, 4) is 0 Å². The first kappa shape index (κ1) is 23.0. The van der Waals surface area contributed by atoms with Crippen LogP contribution in [-0.4, -0.2) is 12.7 Å². The van der Waals surface area contributed by atoms with Crippen LogP contribution in [0.4, 0.5) is 0 Å². The van der Waals surface area contributed by atoms with Gasteiger partial charge in [0.05, 0.1) is 6.10 Å². The normalized spacial score (nSPS) is 15.2. The van der Waals surface area contributed by atoms with Crippen molar-refractivity contribution in [1.29, 1.82) is 0 Å². The molecule has 0 atom stereocenters. The van der Waals surface area contributed by atoms with E-state index in [4.69, 9.17) is 4.74 Å². The molecule has 0 unspecified atom stereocenters. The maximum Gasteiger partial charge on any atom is 0.0575 e. The molecule has 0 bridgehead atoms. The van der Waals surface area contributed by atoms with Crippen molar-refractivity contribution in [3.05, 3.63) is 0 Å². The first-order valence-electron chi connectivity index (χ1n) is 12.0. The van der Waals surface area contributed by atoms with Crippen LogP contribution in [0.1, 0.15) is 142 Å². The molecule has 0 amide bonds. The topological polar surface area (TPSA) is 9.23 Å². The van der Waals surface area contributed by atoms with Gasteiger partial charge in [-0.25, -0.2) is 0 Å². The lowest BCUT2D eigenvalue weighted by Crippen LogP contribution is -2.08. The number of hydrogen-bond donors (Lipinski definition) is 0. The molecule has 0 N–H and O–H groups in total. The molecule has 0 spiro atoms. The predicted molar refractivity (Wildman–Crippen MR) is 112 cm³/mol. The fourth-order valence-electron chi connectivity index (χ4n) is 4.13. The largest absolute Gasteiger partial charge is 0.378 e. The Hall–Kier alpha value is -0.0400. The number of unbranched alkanes of at least 4 members (excludes halogenated alkanes) is 16. The molecule has 0 saturated heterocycles. The summed E-state index contributed by atoms with van der Waals surface area (Å²) in [4.78, 5) is 0. The second kappa shape index (κ2) is 18.7. The summed E-state index contributed by atoms with van der Waals surface area (Å²) in [6.07, 6.45) is 30.6. The smallest absolute Gasteiger partial charge is 0.0575 e. The van der Waals surface area contributed by atoms with E-state index in [9.17, 15) is 0 Å². The summed E-state index contributed by atoms with van der Waals surface area (Å²) in [7, 11) is 0. The van der Waals surface area contributed by atoms with Gasteiger partial charge >= 0.3 is 0 Å². The SMILES string of the molecule is CCCCCCCCCCCCCCCCCCCOC1CCCC1. The van der Waals surface area contributed by atoms with Gasteiger partial charge in [-0.2, -0.15) is 0 Å². The van der Waals surface area contributed by atoms with E-state index in [0.717, 1.165) is 6.61 Å². The van der Waals surface area contributed by atoms with Gasteiger partial charge in [0.15, 0.2) is 0 Å². The van der Waals surface area contributed by atoms with Crippen LogP contribution in [-0.2, 0) is 4.74 Å². The Morgan fingerprint density at radius 3 is 1.28 bits per heavy atom. The van der Waals surface area contributed by atoms with Crippen LogP contribution in [0.25, 0.3) is 0 Å². The quantitative estimate of drug-likeness (QED) is 0.211. The van der Waals surface area contributed by atoms with Gasteiger partial charge in [-0.1, -0.05) is 122 Å². The van der Waals surface area contributed by atoms with Crippen LogP contribution in [0.5, 0.6) is 0 Å². The number of hydrogen-bond acceptors (Lipinski definition) is 1. The third kappa shape index (κ3) is 15.9. The zero-order valence-electron chi connectivity index (χ0n) is 17.5. The highest BCUT2D eigenvalue weighted by atomic mass is 16.5. The van der Waals surface area contributed by atoms with Crippen LogP contribution in [0.15, 0.2) is 0 Å². The Morgan fingerprint density at radius 1 is 0.520 bits per heavy atom. The Balaban J connectivity index is 1.63. The summed E-state index contributed by atoms with van der Waals surface area (Å²) in [6.45, 7) is 3.32. The second-order valence-corrected chi connectivity index (χ2v) is 8.43. The van der Waals surface area contributed by atoms with Crippen molar-refractivity contribution in [3.63, 3.8) is 0 Å². The Bertz CT molecular complexity index is 244. The third-order valence-corrected chi connectivity index (χ3v) is 5.90. The fraction of sp³-hybridized carbons (Fsp3) is 1.00. The molecule has 1 nitrogen and oxygen atoms in total. The van der Waals surface area contributed by atoms with Gasteiger partial charge in [0.25, 0.3) is 0 Å². The summed E-state index contributed by atoms with van der Waals surface area (Å²) in [5.41, 5.74) is 0. The van der Waals surface area contributed by atoms with E-state index in [-0.39, 0.29) is 0 Å². The van der Waals surface area contributed by atoms with Crippen LogP contribution >= 0.6 is 0 Å². The van der Waals surface area contributed by atoms with E-state index >= 15 is 0 Å². The lowest BCUT2D eigenvalue weighted by molar-refractivity contribution is 0.0556. The first-order chi connectivity index (χ1) is 12.4. The van der Waals surface area contributed by atoms with Crippen LogP contribution in [0, 0.1) is 0 Å². The summed E-state index contributed by atoms with van der Waals surface area (Å²) in [5, 5.41) is 0. The zero-order valence-corrected chi connectivity index (χ0v) is 17.5. The summed E-state index contributed by atoms with van der Waals surface area (Å²) in [5.74, 6) is 0. The van der Waals surface area contributed by atoms with Gasteiger partial charge in [0.2, 0.25) is 0 Å². The zero-order chi connectivity index (χ0) is 17.8. The molecule has 1 aliphatic rings. The average Bonchev–Trinajstić information content (AvgIpc) is 3.14. The van der Waals surface area contributed by atoms with E-state index in [2.05, 4.69) is 6.92 Å². The molecular formula is C24H48O. The molecule has 0 aromatic rings. The molecular weight excluding hydrogens is 304 g/mol. The van der Waals surface area contributed by atoms with Gasteiger partial charge in [-0.3, -0.25) is 0 Å². The standard InChI is InChI=1S/C24H48O/c1-2-3-4-5-6-7-8-9-10-11-12-13-14-15-16-17-20-23-25-24-21-18-19-22-24/h24H,2-23H2,1H3. The van der Waals surface area contributed by atoms with E-state index in [0.29, 0.717) is 6.10 Å². The van der Waals surface area contributed by atoms with Crippen LogP contribution in [0.3, 0.4) is 0 Å². The van der Waals surface area contributed by atoms with Crippen molar-refractivity contribution >= 4 is 0 Å². The highest BCUT2D eigenvalue weighted by Crippen LogP contribution is 2.21. The van der Waals surface area contributed by atoms with Crippen molar-refractivity contribution in [1.82, 2.24) is 0 Å². The minimum atomic E-state index is 0.612. The number of rotatable bonds is 19. The molecule has 1 saturated carbocycles. The molecule has 1 fully saturated rings. The van der Waals surface area contributed by atoms with E-state index in [1.807, 2.05) is 0 Å². The first-order valence-corrected chi connectivity index (χ1v) is 12.0. The molecule has 150 valence electrons. The molecule has 1 rings (SSSR count). The predicted octanol–water partition coefficient (Wildman–Crippen LogP) is 8.60. The van der Waals surface area contributed by atoms with Gasteiger partial charge in [-0.15, -0.1) is 0 Å². The molecule has 25 heavy (non-hydrogen) atoms. The maximum atomic E-state index is 5.93. The molecule has 1 aliphatic carbocycles. The van der Waals surface area contributed by atoms with Gasteiger partial charge < -0.3 is 4.74 Å². The maximum absolute atomic E-state index is 5.93. The third-order valence-electron chi connectivity index (χ3n) is 5.90. The Kier molecular flexibility index (Phi) is 17.2. The highest BCUT2D eigenvalue weighted by molar-refractivity contribution is 4.66.